The van der Waals surface area contributed by atoms with Crippen LogP contribution >= 0.6 is 24.0 Å². The van der Waals surface area contributed by atoms with Crippen LogP contribution in [0.3, 0.4) is 0 Å². The van der Waals surface area contributed by atoms with Gasteiger partial charge in [-0.2, -0.15) is 0 Å². The summed E-state index contributed by atoms with van der Waals surface area (Å²) < 4.78 is 19.5. The van der Waals surface area contributed by atoms with Gasteiger partial charge in [0.2, 0.25) is 11.8 Å². The standard InChI is InChI=1S/C21H21ClFN3O.ClH/c22-18-13-15(23)11-12-17(18)19(24-16-9-5-2-6-10-16)21-26-25-20(27-21)14-7-3-1-4-8-14;/h1,3-4,7-8,11-13,16,19,24H,2,5-6,9-10H2;1H. The molecule has 1 aliphatic rings. The molecule has 1 N–H and O–H groups in total. The van der Waals surface area contributed by atoms with Crippen molar-refractivity contribution in [1.82, 2.24) is 15.5 Å². The lowest BCUT2D eigenvalue weighted by atomic mass is 9.94. The molecule has 2 aromatic carbocycles. The molecule has 148 valence electrons. The first kappa shape index (κ1) is 20.8. The molecule has 0 aliphatic heterocycles. The number of nitrogens with zero attached hydrogens (tertiary/aromatic N) is 2. The van der Waals surface area contributed by atoms with Crippen molar-refractivity contribution in [2.75, 3.05) is 0 Å². The Morgan fingerprint density at radius 1 is 1.04 bits per heavy atom. The molecule has 0 spiro atoms. The van der Waals surface area contributed by atoms with Gasteiger partial charge in [0.25, 0.3) is 0 Å². The summed E-state index contributed by atoms with van der Waals surface area (Å²) in [4.78, 5) is 0. The highest BCUT2D eigenvalue weighted by Gasteiger charge is 2.27. The number of rotatable bonds is 5. The van der Waals surface area contributed by atoms with E-state index in [0.29, 0.717) is 22.8 Å². The van der Waals surface area contributed by atoms with Crippen molar-refractivity contribution in [3.8, 4) is 11.5 Å². The van der Waals surface area contributed by atoms with Gasteiger partial charge < -0.3 is 4.42 Å². The molecule has 1 aromatic heterocycles. The van der Waals surface area contributed by atoms with Crippen LogP contribution in [-0.4, -0.2) is 16.2 Å². The van der Waals surface area contributed by atoms with Gasteiger partial charge in [0.15, 0.2) is 0 Å². The highest BCUT2D eigenvalue weighted by atomic mass is 35.5. The van der Waals surface area contributed by atoms with Crippen molar-refractivity contribution in [2.24, 2.45) is 0 Å². The summed E-state index contributed by atoms with van der Waals surface area (Å²) in [6.45, 7) is 0. The molecule has 0 bridgehead atoms. The third-order valence-corrected chi connectivity index (χ3v) is 5.32. The minimum absolute atomic E-state index is 0. The second-order valence-electron chi connectivity index (χ2n) is 6.91. The van der Waals surface area contributed by atoms with Crippen LogP contribution in [0.15, 0.2) is 52.9 Å². The maximum atomic E-state index is 13.5. The number of hydrogen-bond donors (Lipinski definition) is 1. The third kappa shape index (κ3) is 4.72. The van der Waals surface area contributed by atoms with Gasteiger partial charge in [-0.25, -0.2) is 4.39 Å². The van der Waals surface area contributed by atoms with E-state index in [2.05, 4.69) is 15.5 Å². The van der Waals surface area contributed by atoms with E-state index in [4.69, 9.17) is 16.0 Å². The first-order valence-corrected chi connectivity index (χ1v) is 9.68. The fourth-order valence-corrected chi connectivity index (χ4v) is 3.86. The van der Waals surface area contributed by atoms with E-state index in [1.54, 1.807) is 6.07 Å². The van der Waals surface area contributed by atoms with Crippen molar-refractivity contribution < 1.29 is 8.81 Å². The number of hydrogen-bond acceptors (Lipinski definition) is 4. The SMILES string of the molecule is Cl.Fc1ccc(C(NC2CCCCC2)c2nnc(-c3ccccc3)o2)c(Cl)c1. The highest BCUT2D eigenvalue weighted by Crippen LogP contribution is 2.32. The number of nitrogens with one attached hydrogen (secondary N) is 1. The van der Waals surface area contributed by atoms with Crippen LogP contribution in [-0.2, 0) is 0 Å². The molecule has 28 heavy (non-hydrogen) atoms. The lowest BCUT2D eigenvalue weighted by Gasteiger charge is -2.27. The van der Waals surface area contributed by atoms with E-state index < -0.39 is 0 Å². The van der Waals surface area contributed by atoms with Crippen LogP contribution in [0.2, 0.25) is 5.02 Å². The quantitative estimate of drug-likeness (QED) is 0.551. The topological polar surface area (TPSA) is 51.0 Å². The highest BCUT2D eigenvalue weighted by molar-refractivity contribution is 6.31. The maximum absolute atomic E-state index is 13.5. The minimum Gasteiger partial charge on any atom is -0.419 e. The minimum atomic E-state index is -0.369. The van der Waals surface area contributed by atoms with Gasteiger partial charge in [-0.3, -0.25) is 5.32 Å². The Morgan fingerprint density at radius 2 is 1.79 bits per heavy atom. The van der Waals surface area contributed by atoms with Gasteiger partial charge in [0.05, 0.1) is 0 Å². The van der Waals surface area contributed by atoms with Gasteiger partial charge in [0.1, 0.15) is 11.9 Å². The summed E-state index contributed by atoms with van der Waals surface area (Å²) in [5, 5.41) is 12.4. The Hall–Kier alpha value is -1.95. The Labute approximate surface area is 174 Å². The van der Waals surface area contributed by atoms with Crippen LogP contribution in [0.4, 0.5) is 4.39 Å². The fraction of sp³-hybridized carbons (Fsp3) is 0.333. The first-order chi connectivity index (χ1) is 13.2. The second-order valence-corrected chi connectivity index (χ2v) is 7.32. The zero-order chi connectivity index (χ0) is 18.6. The lowest BCUT2D eigenvalue weighted by molar-refractivity contribution is 0.329. The monoisotopic (exact) mass is 421 g/mol. The summed E-state index contributed by atoms with van der Waals surface area (Å²) in [6, 6.07) is 14.0. The predicted octanol–water partition coefficient (Wildman–Crippen LogP) is 5.96. The van der Waals surface area contributed by atoms with Gasteiger partial charge in [-0.15, -0.1) is 22.6 Å². The molecule has 3 aromatic rings. The van der Waals surface area contributed by atoms with Crippen molar-refractivity contribution >= 4 is 24.0 Å². The van der Waals surface area contributed by atoms with E-state index in [-0.39, 0.29) is 24.3 Å². The molecule has 7 heteroatoms. The first-order valence-electron chi connectivity index (χ1n) is 9.30. The normalized spacial score (nSPS) is 15.8. The maximum Gasteiger partial charge on any atom is 0.247 e. The number of aromatic nitrogens is 2. The average molecular weight is 422 g/mol. The van der Waals surface area contributed by atoms with Crippen LogP contribution < -0.4 is 5.32 Å². The molecule has 1 fully saturated rings. The lowest BCUT2D eigenvalue weighted by Crippen LogP contribution is -2.35. The average Bonchev–Trinajstić information content (AvgIpc) is 3.18. The molecule has 4 rings (SSSR count). The number of benzene rings is 2. The Kier molecular flexibility index (Phi) is 7.05. The summed E-state index contributed by atoms with van der Waals surface area (Å²) in [5.41, 5.74) is 1.60. The second kappa shape index (κ2) is 9.50. The molecule has 0 saturated heterocycles. The molecule has 0 radical (unpaired) electrons. The fourth-order valence-electron chi connectivity index (χ4n) is 3.58. The molecule has 1 saturated carbocycles. The molecule has 1 aliphatic carbocycles. The Balaban J connectivity index is 0.00000225. The van der Waals surface area contributed by atoms with Crippen LogP contribution in [0, 0.1) is 5.82 Å². The van der Waals surface area contributed by atoms with E-state index in [1.165, 1.54) is 31.4 Å². The van der Waals surface area contributed by atoms with Crippen molar-refractivity contribution in [1.29, 1.82) is 0 Å². The summed E-state index contributed by atoms with van der Waals surface area (Å²) >= 11 is 6.35. The zero-order valence-electron chi connectivity index (χ0n) is 15.3. The van der Waals surface area contributed by atoms with Gasteiger partial charge >= 0.3 is 0 Å². The predicted molar refractivity (Wildman–Crippen MR) is 110 cm³/mol. The zero-order valence-corrected chi connectivity index (χ0v) is 16.8. The van der Waals surface area contributed by atoms with Gasteiger partial charge in [-0.05, 0) is 42.7 Å². The molecular formula is C21H22Cl2FN3O. The molecule has 1 unspecified atom stereocenters. The summed E-state index contributed by atoms with van der Waals surface area (Å²) in [7, 11) is 0. The number of halogens is 3. The summed E-state index contributed by atoms with van der Waals surface area (Å²) in [5.74, 6) is 0.530. The van der Waals surface area contributed by atoms with Crippen molar-refractivity contribution in [3.63, 3.8) is 0 Å². The Morgan fingerprint density at radius 3 is 2.50 bits per heavy atom. The molecule has 1 atom stereocenters. The van der Waals surface area contributed by atoms with Gasteiger partial charge in [0, 0.05) is 16.6 Å². The summed E-state index contributed by atoms with van der Waals surface area (Å²) in [6.07, 6.45) is 5.84. The van der Waals surface area contributed by atoms with E-state index in [9.17, 15) is 4.39 Å². The smallest absolute Gasteiger partial charge is 0.247 e. The van der Waals surface area contributed by atoms with Crippen molar-refractivity contribution in [2.45, 2.75) is 44.2 Å². The molecule has 1 heterocycles. The largest absolute Gasteiger partial charge is 0.419 e. The van der Waals surface area contributed by atoms with Crippen LogP contribution in [0.25, 0.3) is 11.5 Å². The van der Waals surface area contributed by atoms with Gasteiger partial charge in [-0.1, -0.05) is 55.1 Å². The van der Waals surface area contributed by atoms with E-state index in [0.717, 1.165) is 24.0 Å². The Bertz CT molecular complexity index is 898. The molecular weight excluding hydrogens is 400 g/mol. The van der Waals surface area contributed by atoms with E-state index in [1.807, 2.05) is 30.3 Å². The third-order valence-electron chi connectivity index (χ3n) is 4.99. The van der Waals surface area contributed by atoms with Crippen LogP contribution in [0.1, 0.15) is 49.6 Å². The van der Waals surface area contributed by atoms with E-state index >= 15 is 0 Å². The van der Waals surface area contributed by atoms with Crippen molar-refractivity contribution in [3.05, 3.63) is 70.8 Å². The molecule has 4 nitrogen and oxygen atoms in total. The van der Waals surface area contributed by atoms with Crippen LogP contribution in [0.5, 0.6) is 0 Å². The molecule has 0 amide bonds.